The van der Waals surface area contributed by atoms with Gasteiger partial charge in [0, 0.05) is 0 Å². The van der Waals surface area contributed by atoms with E-state index >= 15 is 0 Å². The fourth-order valence-electron chi connectivity index (χ4n) is 1.60. The number of hydrogen-bond donors (Lipinski definition) is 0. The molecule has 0 radical (unpaired) electrons. The van der Waals surface area contributed by atoms with Crippen molar-refractivity contribution in [3.8, 4) is 10.4 Å². The number of benzene rings is 1. The summed E-state index contributed by atoms with van der Waals surface area (Å²) in [6.45, 7) is 10.5. The summed E-state index contributed by atoms with van der Waals surface area (Å²) in [6, 6.07) is 8.80. The van der Waals surface area contributed by atoms with Crippen molar-refractivity contribution < 1.29 is 0 Å². The summed E-state index contributed by atoms with van der Waals surface area (Å²) >= 11 is 1.71. The molecule has 0 aliphatic heterocycles. The van der Waals surface area contributed by atoms with Gasteiger partial charge >= 0.3 is 0 Å². The Balaban J connectivity index is 0.000000686. The van der Waals surface area contributed by atoms with Crippen molar-refractivity contribution in [2.45, 2.75) is 40.5 Å². The minimum absolute atomic E-state index is 0.599. The van der Waals surface area contributed by atoms with Gasteiger partial charge in [0.05, 0.1) is 16.1 Å². The number of hydrogen-bond acceptors (Lipinski definition) is 2. The molecule has 0 fully saturated rings. The highest BCUT2D eigenvalue weighted by Gasteiger charge is 2.05. The zero-order valence-corrected chi connectivity index (χ0v) is 12.1. The van der Waals surface area contributed by atoms with Crippen LogP contribution in [0.5, 0.6) is 0 Å². The van der Waals surface area contributed by atoms with Gasteiger partial charge < -0.3 is 0 Å². The average Bonchev–Trinajstić information content (AvgIpc) is 2.78. The Labute approximate surface area is 109 Å². The second kappa shape index (κ2) is 6.55. The molecule has 2 heteroatoms. The van der Waals surface area contributed by atoms with Crippen LogP contribution in [0, 0.1) is 6.92 Å². The Morgan fingerprint density at radius 1 is 1.06 bits per heavy atom. The molecular weight excluding hydrogens is 226 g/mol. The lowest BCUT2D eigenvalue weighted by atomic mass is 10.0. The summed E-state index contributed by atoms with van der Waals surface area (Å²) in [5.41, 5.74) is 5.69. The number of rotatable bonds is 2. The maximum Gasteiger partial charge on any atom is 0.0801 e. The van der Waals surface area contributed by atoms with Crippen LogP contribution in [-0.2, 0) is 0 Å². The molecule has 17 heavy (non-hydrogen) atoms. The van der Waals surface area contributed by atoms with Gasteiger partial charge in [-0.2, -0.15) is 0 Å². The minimum atomic E-state index is 0.599. The lowest BCUT2D eigenvalue weighted by molar-refractivity contribution is 0.867. The highest BCUT2D eigenvalue weighted by molar-refractivity contribution is 7.13. The first-order valence-corrected chi connectivity index (χ1v) is 7.07. The van der Waals surface area contributed by atoms with E-state index in [2.05, 4.69) is 50.0 Å². The van der Waals surface area contributed by atoms with E-state index in [1.807, 2.05) is 19.4 Å². The van der Waals surface area contributed by atoms with Crippen molar-refractivity contribution in [3.05, 3.63) is 41.0 Å². The van der Waals surface area contributed by atoms with Gasteiger partial charge in [-0.05, 0) is 24.0 Å². The summed E-state index contributed by atoms with van der Waals surface area (Å²) in [6.07, 6.45) is 0. The van der Waals surface area contributed by atoms with E-state index in [1.165, 1.54) is 16.0 Å². The quantitative estimate of drug-likeness (QED) is 0.704. The largest absolute Gasteiger partial charge is 0.249 e. The Kier molecular flexibility index (Phi) is 5.36. The van der Waals surface area contributed by atoms with Crippen LogP contribution >= 0.6 is 11.3 Å². The smallest absolute Gasteiger partial charge is 0.0801 e. The molecule has 0 saturated carbocycles. The summed E-state index contributed by atoms with van der Waals surface area (Å²) < 4.78 is 0. The van der Waals surface area contributed by atoms with Gasteiger partial charge in [-0.1, -0.05) is 52.0 Å². The van der Waals surface area contributed by atoms with Gasteiger partial charge in [0.1, 0.15) is 0 Å². The Morgan fingerprint density at radius 3 is 2.06 bits per heavy atom. The van der Waals surface area contributed by atoms with E-state index in [9.17, 15) is 0 Å². The molecule has 1 aromatic carbocycles. The third kappa shape index (κ3) is 3.40. The van der Waals surface area contributed by atoms with Crippen molar-refractivity contribution in [2.75, 3.05) is 0 Å². The highest BCUT2D eigenvalue weighted by Crippen LogP contribution is 2.28. The fraction of sp³-hybridized carbons (Fsp3) is 0.400. The van der Waals surface area contributed by atoms with E-state index in [4.69, 9.17) is 0 Å². The first kappa shape index (κ1) is 13.9. The SMILES string of the molecule is CC.Cc1ncsc1-c1ccc(C(C)C)cc1. The normalized spacial score (nSPS) is 10.0. The Morgan fingerprint density at radius 2 is 1.65 bits per heavy atom. The molecule has 1 nitrogen and oxygen atoms in total. The van der Waals surface area contributed by atoms with Crippen LogP contribution in [0.4, 0.5) is 0 Å². The molecule has 1 aromatic heterocycles. The number of aromatic nitrogens is 1. The maximum atomic E-state index is 4.27. The molecule has 1 heterocycles. The van der Waals surface area contributed by atoms with Gasteiger partial charge in [0.2, 0.25) is 0 Å². The van der Waals surface area contributed by atoms with E-state index < -0.39 is 0 Å². The molecular formula is C15H21NS. The molecule has 0 atom stereocenters. The van der Waals surface area contributed by atoms with E-state index in [-0.39, 0.29) is 0 Å². The first-order valence-electron chi connectivity index (χ1n) is 6.19. The fourth-order valence-corrected chi connectivity index (χ4v) is 2.41. The summed E-state index contributed by atoms with van der Waals surface area (Å²) in [4.78, 5) is 5.55. The second-order valence-corrected chi connectivity index (χ2v) is 4.90. The highest BCUT2D eigenvalue weighted by atomic mass is 32.1. The molecule has 92 valence electrons. The zero-order chi connectivity index (χ0) is 12.8. The minimum Gasteiger partial charge on any atom is -0.249 e. The van der Waals surface area contributed by atoms with Crippen molar-refractivity contribution in [1.29, 1.82) is 0 Å². The van der Waals surface area contributed by atoms with E-state index in [0.29, 0.717) is 5.92 Å². The standard InChI is InChI=1S/C13H15NS.C2H6/c1-9(2)11-4-6-12(7-5-11)13-10(3)14-8-15-13;1-2/h4-9H,1-3H3;1-2H3. The van der Waals surface area contributed by atoms with E-state index in [0.717, 1.165) is 5.69 Å². The van der Waals surface area contributed by atoms with Gasteiger partial charge in [0.15, 0.2) is 0 Å². The molecule has 2 rings (SSSR count). The van der Waals surface area contributed by atoms with Crippen molar-refractivity contribution in [2.24, 2.45) is 0 Å². The zero-order valence-electron chi connectivity index (χ0n) is 11.3. The summed E-state index contributed by atoms with van der Waals surface area (Å²) in [5.74, 6) is 0.599. The predicted molar refractivity (Wildman–Crippen MR) is 77.7 cm³/mol. The van der Waals surface area contributed by atoms with Crippen LogP contribution in [0.3, 0.4) is 0 Å². The lowest BCUT2D eigenvalue weighted by Crippen LogP contribution is -1.86. The van der Waals surface area contributed by atoms with Crippen LogP contribution in [0.1, 0.15) is 44.9 Å². The molecule has 0 saturated heterocycles. The Bertz CT molecular complexity index is 440. The molecule has 0 spiro atoms. The maximum absolute atomic E-state index is 4.27. The first-order chi connectivity index (χ1) is 8.18. The van der Waals surface area contributed by atoms with Crippen molar-refractivity contribution >= 4 is 11.3 Å². The monoisotopic (exact) mass is 247 g/mol. The van der Waals surface area contributed by atoms with Gasteiger partial charge in [-0.15, -0.1) is 11.3 Å². The second-order valence-electron chi connectivity index (χ2n) is 4.04. The lowest BCUT2D eigenvalue weighted by Gasteiger charge is -2.06. The predicted octanol–water partition coefficient (Wildman–Crippen LogP) is 5.27. The van der Waals surface area contributed by atoms with Crippen molar-refractivity contribution in [3.63, 3.8) is 0 Å². The molecule has 0 aliphatic carbocycles. The topological polar surface area (TPSA) is 12.9 Å². The van der Waals surface area contributed by atoms with Crippen LogP contribution in [0.15, 0.2) is 29.8 Å². The Hall–Kier alpha value is -1.15. The average molecular weight is 247 g/mol. The van der Waals surface area contributed by atoms with Crippen LogP contribution < -0.4 is 0 Å². The summed E-state index contributed by atoms with van der Waals surface area (Å²) in [7, 11) is 0. The molecule has 0 bridgehead atoms. The van der Waals surface area contributed by atoms with Crippen LogP contribution in [0.25, 0.3) is 10.4 Å². The third-order valence-corrected chi connectivity index (χ3v) is 3.56. The van der Waals surface area contributed by atoms with E-state index in [1.54, 1.807) is 11.3 Å². The number of nitrogens with zero attached hydrogens (tertiary/aromatic N) is 1. The third-order valence-electron chi connectivity index (χ3n) is 2.59. The molecule has 0 N–H and O–H groups in total. The van der Waals surface area contributed by atoms with Crippen LogP contribution in [-0.4, -0.2) is 4.98 Å². The molecule has 0 amide bonds. The van der Waals surface area contributed by atoms with Crippen molar-refractivity contribution in [1.82, 2.24) is 4.98 Å². The molecule has 2 aromatic rings. The molecule has 0 aliphatic rings. The number of thiazole rings is 1. The van der Waals surface area contributed by atoms with Gasteiger partial charge in [-0.3, -0.25) is 0 Å². The van der Waals surface area contributed by atoms with Crippen LogP contribution in [0.2, 0.25) is 0 Å². The van der Waals surface area contributed by atoms with Gasteiger partial charge in [0.25, 0.3) is 0 Å². The molecule has 0 unspecified atom stereocenters. The van der Waals surface area contributed by atoms with Gasteiger partial charge in [-0.25, -0.2) is 4.98 Å². The number of aryl methyl sites for hydroxylation is 1. The summed E-state index contributed by atoms with van der Waals surface area (Å²) in [5, 5.41) is 0.